The van der Waals surface area contributed by atoms with Crippen LogP contribution in [0.25, 0.3) is 0 Å². The van der Waals surface area contributed by atoms with E-state index in [9.17, 15) is 22.4 Å². The molecule has 2 aromatic rings. The molecule has 0 spiro atoms. The first-order valence-electron chi connectivity index (χ1n) is 6.70. The summed E-state index contributed by atoms with van der Waals surface area (Å²) in [6.45, 7) is -0.636. The van der Waals surface area contributed by atoms with Gasteiger partial charge in [0.25, 0.3) is 0 Å². The van der Waals surface area contributed by atoms with Gasteiger partial charge in [0.15, 0.2) is 0 Å². The van der Waals surface area contributed by atoms with E-state index in [1.165, 1.54) is 18.2 Å². The first-order chi connectivity index (χ1) is 11.7. The van der Waals surface area contributed by atoms with Gasteiger partial charge in [0, 0.05) is 21.8 Å². The summed E-state index contributed by atoms with van der Waals surface area (Å²) in [5, 5.41) is 13.7. The Morgan fingerprint density at radius 1 is 1.20 bits per heavy atom. The number of nitrogens with one attached hydrogen (secondary N) is 2. The highest BCUT2D eigenvalue weighted by Crippen LogP contribution is 2.29. The van der Waals surface area contributed by atoms with E-state index in [0.29, 0.717) is 0 Å². The lowest BCUT2D eigenvalue weighted by Crippen LogP contribution is -2.21. The maximum absolute atomic E-state index is 13.5. The molecule has 0 bridgehead atoms. The van der Waals surface area contributed by atoms with Crippen molar-refractivity contribution in [2.75, 3.05) is 10.6 Å². The summed E-state index contributed by atoms with van der Waals surface area (Å²) in [6.07, 6.45) is -4.88. The minimum absolute atomic E-state index is 0.00748. The Bertz CT molecular complexity index is 784. The molecule has 0 fully saturated rings. The van der Waals surface area contributed by atoms with Gasteiger partial charge in [-0.1, -0.05) is 22.0 Å². The molecule has 5 nitrogen and oxygen atoms in total. The molecular weight excluding hydrogens is 412 g/mol. The number of urea groups is 1. The normalized spacial score (nSPS) is 11.1. The number of hydrogen-bond acceptors (Lipinski definition) is 3. The van der Waals surface area contributed by atoms with Gasteiger partial charge >= 0.3 is 12.4 Å². The molecule has 0 saturated carbocycles. The number of carbonyl (C=O) groups excluding carboxylic acids is 1. The van der Waals surface area contributed by atoms with Crippen LogP contribution in [0.3, 0.4) is 0 Å². The predicted molar refractivity (Wildman–Crippen MR) is 85.8 cm³/mol. The number of aliphatic hydroxyl groups excluding tert-OH is 1. The molecule has 0 aliphatic carbocycles. The third-order valence-corrected chi connectivity index (χ3v) is 3.35. The van der Waals surface area contributed by atoms with Gasteiger partial charge in [-0.25, -0.2) is 9.18 Å². The fourth-order valence-electron chi connectivity index (χ4n) is 1.95. The van der Waals surface area contributed by atoms with Crippen LogP contribution in [0.1, 0.15) is 5.56 Å². The van der Waals surface area contributed by atoms with Gasteiger partial charge in [0.05, 0.1) is 12.3 Å². The number of amides is 2. The maximum atomic E-state index is 13.5. The Balaban J connectivity index is 2.14. The molecule has 0 atom stereocenters. The van der Waals surface area contributed by atoms with Crippen molar-refractivity contribution < 1.29 is 32.2 Å². The van der Waals surface area contributed by atoms with Gasteiger partial charge in [0.2, 0.25) is 0 Å². The quantitative estimate of drug-likeness (QED) is 0.629. The van der Waals surface area contributed by atoms with E-state index in [0.717, 1.165) is 18.2 Å². The van der Waals surface area contributed by atoms with Crippen LogP contribution >= 0.6 is 15.9 Å². The second kappa shape index (κ2) is 7.70. The summed E-state index contributed by atoms with van der Waals surface area (Å²) in [4.78, 5) is 12.0. The third kappa shape index (κ3) is 5.61. The minimum atomic E-state index is -4.88. The molecule has 0 aliphatic heterocycles. The van der Waals surface area contributed by atoms with E-state index in [1.807, 2.05) is 0 Å². The zero-order valence-electron chi connectivity index (χ0n) is 12.3. The van der Waals surface area contributed by atoms with Crippen molar-refractivity contribution in [2.45, 2.75) is 13.0 Å². The molecule has 2 amide bonds. The number of halogens is 5. The molecule has 0 aliphatic rings. The lowest BCUT2D eigenvalue weighted by molar-refractivity contribution is -0.274. The average molecular weight is 423 g/mol. The Morgan fingerprint density at radius 3 is 2.56 bits per heavy atom. The summed E-state index contributed by atoms with van der Waals surface area (Å²) in [6, 6.07) is 6.37. The monoisotopic (exact) mass is 422 g/mol. The smallest absolute Gasteiger partial charge is 0.406 e. The van der Waals surface area contributed by atoms with Crippen LogP contribution in [-0.4, -0.2) is 17.5 Å². The van der Waals surface area contributed by atoms with Crippen molar-refractivity contribution in [3.8, 4) is 5.75 Å². The highest BCUT2D eigenvalue weighted by Gasteiger charge is 2.31. The van der Waals surface area contributed by atoms with E-state index in [-0.39, 0.29) is 21.4 Å². The highest BCUT2D eigenvalue weighted by molar-refractivity contribution is 9.10. The maximum Gasteiger partial charge on any atom is 0.573 e. The number of rotatable bonds is 4. The number of carbonyl (C=O) groups is 1. The van der Waals surface area contributed by atoms with Crippen molar-refractivity contribution in [3.63, 3.8) is 0 Å². The molecule has 25 heavy (non-hydrogen) atoms. The third-order valence-electron chi connectivity index (χ3n) is 2.89. The van der Waals surface area contributed by atoms with E-state index >= 15 is 0 Å². The molecule has 2 rings (SSSR count). The lowest BCUT2D eigenvalue weighted by atomic mass is 10.2. The van der Waals surface area contributed by atoms with Crippen LogP contribution in [0, 0.1) is 5.82 Å². The molecule has 10 heteroatoms. The second-order valence-electron chi connectivity index (χ2n) is 4.73. The molecule has 0 saturated heterocycles. The second-order valence-corrected chi connectivity index (χ2v) is 5.64. The van der Waals surface area contributed by atoms with E-state index < -0.39 is 30.6 Å². The topological polar surface area (TPSA) is 70.6 Å². The largest absolute Gasteiger partial charge is 0.573 e. The SMILES string of the molecule is O=C(Nc1cc(Br)cc(OC(F)(F)F)c1)Nc1cccc(F)c1CO. The predicted octanol–water partition coefficient (Wildman–Crippen LogP) is 4.62. The summed E-state index contributed by atoms with van der Waals surface area (Å²) in [7, 11) is 0. The van der Waals surface area contributed by atoms with E-state index in [1.54, 1.807) is 0 Å². The molecule has 134 valence electrons. The van der Waals surface area contributed by atoms with Gasteiger partial charge in [0.1, 0.15) is 11.6 Å². The first-order valence-corrected chi connectivity index (χ1v) is 7.50. The molecular formula is C15H11BrF4N2O3. The van der Waals surface area contributed by atoms with Crippen LogP contribution in [0.2, 0.25) is 0 Å². The van der Waals surface area contributed by atoms with Gasteiger partial charge < -0.3 is 20.5 Å². The van der Waals surface area contributed by atoms with Crippen LogP contribution in [0.5, 0.6) is 5.75 Å². The number of anilines is 2. The Labute approximate surface area is 147 Å². The van der Waals surface area contributed by atoms with Crippen LogP contribution in [-0.2, 0) is 6.61 Å². The number of alkyl halides is 3. The Morgan fingerprint density at radius 2 is 1.92 bits per heavy atom. The number of hydrogen-bond donors (Lipinski definition) is 3. The first kappa shape index (κ1) is 19.0. The summed E-state index contributed by atoms with van der Waals surface area (Å²) in [5.41, 5.74) is -0.0807. The van der Waals surface area contributed by atoms with Gasteiger partial charge in [-0.05, 0) is 24.3 Å². The Hall–Kier alpha value is -2.33. The van der Waals surface area contributed by atoms with Gasteiger partial charge in [-0.3, -0.25) is 0 Å². The van der Waals surface area contributed by atoms with Crippen molar-refractivity contribution >= 4 is 33.3 Å². The lowest BCUT2D eigenvalue weighted by Gasteiger charge is -2.13. The van der Waals surface area contributed by atoms with Gasteiger partial charge in [-0.2, -0.15) is 0 Å². The van der Waals surface area contributed by atoms with Crippen LogP contribution < -0.4 is 15.4 Å². The van der Waals surface area contributed by atoms with Crippen molar-refractivity contribution in [3.05, 3.63) is 52.3 Å². The number of aliphatic hydroxyl groups is 1. The van der Waals surface area contributed by atoms with Crippen molar-refractivity contribution in [2.24, 2.45) is 0 Å². The zero-order valence-corrected chi connectivity index (χ0v) is 13.9. The van der Waals surface area contributed by atoms with Crippen LogP contribution in [0.4, 0.5) is 33.7 Å². The molecule has 2 aromatic carbocycles. The molecule has 3 N–H and O–H groups in total. The average Bonchev–Trinajstić information content (AvgIpc) is 2.44. The number of ether oxygens (including phenoxy) is 1. The van der Waals surface area contributed by atoms with Gasteiger partial charge in [-0.15, -0.1) is 13.2 Å². The van der Waals surface area contributed by atoms with Crippen LogP contribution in [0.15, 0.2) is 40.9 Å². The molecule has 0 heterocycles. The summed E-state index contributed by atoms with van der Waals surface area (Å²) < 4.78 is 54.4. The fraction of sp³-hybridized carbons (Fsp3) is 0.133. The molecule has 0 unspecified atom stereocenters. The van der Waals surface area contributed by atoms with E-state index in [2.05, 4.69) is 31.3 Å². The number of benzene rings is 2. The fourth-order valence-corrected chi connectivity index (χ4v) is 2.42. The summed E-state index contributed by atoms with van der Waals surface area (Å²) >= 11 is 3.01. The van der Waals surface area contributed by atoms with Crippen molar-refractivity contribution in [1.82, 2.24) is 0 Å². The highest BCUT2D eigenvalue weighted by atomic mass is 79.9. The Kier molecular flexibility index (Phi) is 5.85. The zero-order chi connectivity index (χ0) is 18.6. The molecule has 0 aromatic heterocycles. The molecule has 0 radical (unpaired) electrons. The standard InChI is InChI=1S/C15H11BrF4N2O3/c16-8-4-9(6-10(5-8)25-15(18,19)20)21-14(24)22-13-3-1-2-12(17)11(13)7-23/h1-6,23H,7H2,(H2,21,22,24). The van der Waals surface area contributed by atoms with E-state index in [4.69, 9.17) is 5.11 Å². The van der Waals surface area contributed by atoms with Crippen molar-refractivity contribution in [1.29, 1.82) is 0 Å². The summed E-state index contributed by atoms with van der Waals surface area (Å²) in [5.74, 6) is -1.23. The minimum Gasteiger partial charge on any atom is -0.406 e.